The molecule has 6 nitrogen and oxygen atoms in total. The molecule has 1 aliphatic rings. The third-order valence-electron chi connectivity index (χ3n) is 3.31. The van der Waals surface area contributed by atoms with Crippen LogP contribution in [-0.2, 0) is 13.0 Å². The molecule has 3 rings (SSSR count). The Morgan fingerprint density at radius 2 is 2.26 bits per heavy atom. The lowest BCUT2D eigenvalue weighted by Gasteiger charge is -2.11. The van der Waals surface area contributed by atoms with Crippen molar-refractivity contribution in [3.8, 4) is 0 Å². The smallest absolute Gasteiger partial charge is 0.266 e. The first-order chi connectivity index (χ1) is 9.22. The van der Waals surface area contributed by atoms with Gasteiger partial charge in [-0.05, 0) is 22.4 Å². The van der Waals surface area contributed by atoms with Crippen LogP contribution in [0.5, 0.6) is 0 Å². The Balaban J connectivity index is 2.17. The Bertz CT molecular complexity index is 715. The zero-order chi connectivity index (χ0) is 13.4. The summed E-state index contributed by atoms with van der Waals surface area (Å²) in [5, 5.41) is 7.89. The molecule has 0 fully saturated rings. The fourth-order valence-electron chi connectivity index (χ4n) is 2.36. The van der Waals surface area contributed by atoms with Crippen LogP contribution in [-0.4, -0.2) is 23.8 Å². The largest absolute Gasteiger partial charge is 0.294 e. The molecule has 0 radical (unpaired) electrons. The lowest BCUT2D eigenvalue weighted by atomic mass is 10.2. The molecule has 19 heavy (non-hydrogen) atoms. The summed E-state index contributed by atoms with van der Waals surface area (Å²) in [5.41, 5.74) is 0.649. The predicted molar refractivity (Wildman–Crippen MR) is 76.5 cm³/mol. The summed E-state index contributed by atoms with van der Waals surface area (Å²) in [6.45, 7) is 2.97. The maximum absolute atomic E-state index is 12.3. The lowest BCUT2D eigenvalue weighted by Crippen LogP contribution is -2.21. The third kappa shape index (κ3) is 2.01. The molecule has 0 saturated heterocycles. The average molecular weight is 324 g/mol. The quantitative estimate of drug-likeness (QED) is 0.809. The van der Waals surface area contributed by atoms with E-state index in [1.165, 1.54) is 10.7 Å². The molecule has 0 atom stereocenters. The standard InChI is InChI=1S/C12H14BrN5O/c1-2-3-4-5-17-10-8(6-9(13)15-10)11(19)18-7-14-16-12(17)18/h7H,2-6H2,1H3. The van der Waals surface area contributed by atoms with Gasteiger partial charge in [0.1, 0.15) is 12.1 Å². The van der Waals surface area contributed by atoms with E-state index in [0.29, 0.717) is 12.2 Å². The van der Waals surface area contributed by atoms with Gasteiger partial charge < -0.3 is 0 Å². The van der Waals surface area contributed by atoms with E-state index in [9.17, 15) is 4.79 Å². The highest BCUT2D eigenvalue weighted by Gasteiger charge is 2.23. The Morgan fingerprint density at radius 3 is 3.05 bits per heavy atom. The van der Waals surface area contributed by atoms with Gasteiger partial charge in [0, 0.05) is 13.0 Å². The minimum absolute atomic E-state index is 0.0695. The third-order valence-corrected chi connectivity index (χ3v) is 3.77. The van der Waals surface area contributed by atoms with Gasteiger partial charge >= 0.3 is 0 Å². The van der Waals surface area contributed by atoms with Gasteiger partial charge in [-0.3, -0.25) is 9.36 Å². The van der Waals surface area contributed by atoms with Gasteiger partial charge in [-0.15, -0.1) is 10.2 Å². The fraction of sp³-hybridized carbons (Fsp3) is 0.500. The highest BCUT2D eigenvalue weighted by molar-refractivity contribution is 9.18. The number of aromatic nitrogens is 4. The summed E-state index contributed by atoms with van der Waals surface area (Å²) in [4.78, 5) is 16.7. The van der Waals surface area contributed by atoms with Crippen LogP contribution in [0.1, 0.15) is 31.7 Å². The van der Waals surface area contributed by atoms with Crippen molar-refractivity contribution in [3.05, 3.63) is 22.2 Å². The maximum atomic E-state index is 12.3. The molecule has 1 aliphatic heterocycles. The van der Waals surface area contributed by atoms with E-state index < -0.39 is 0 Å². The van der Waals surface area contributed by atoms with Crippen LogP contribution < -0.4 is 5.56 Å². The van der Waals surface area contributed by atoms with Gasteiger partial charge in [0.05, 0.1) is 10.2 Å². The summed E-state index contributed by atoms with van der Waals surface area (Å²) in [6, 6.07) is 0. The van der Waals surface area contributed by atoms with Crippen LogP contribution in [0.3, 0.4) is 0 Å². The predicted octanol–water partition coefficient (Wildman–Crippen LogP) is 2.06. The molecule has 0 N–H and O–H groups in total. The summed E-state index contributed by atoms with van der Waals surface area (Å²) < 4.78 is 4.30. The van der Waals surface area contributed by atoms with Crippen LogP contribution in [0.4, 0.5) is 5.82 Å². The van der Waals surface area contributed by atoms with E-state index in [1.54, 1.807) is 0 Å². The summed E-state index contributed by atoms with van der Waals surface area (Å²) in [7, 11) is 0. The van der Waals surface area contributed by atoms with Gasteiger partial charge in [0.25, 0.3) is 5.56 Å². The monoisotopic (exact) mass is 323 g/mol. The van der Waals surface area contributed by atoms with Crippen LogP contribution in [0.2, 0.25) is 0 Å². The average Bonchev–Trinajstić information content (AvgIpc) is 3.00. The minimum Gasteiger partial charge on any atom is -0.294 e. The molecule has 0 bridgehead atoms. The van der Waals surface area contributed by atoms with Gasteiger partial charge in [0.15, 0.2) is 0 Å². The number of aryl methyl sites for hydroxylation is 1. The van der Waals surface area contributed by atoms with Crippen molar-refractivity contribution in [2.24, 2.45) is 4.99 Å². The molecular formula is C12H14BrN5O. The Labute approximate surface area is 118 Å². The second kappa shape index (κ2) is 4.88. The van der Waals surface area contributed by atoms with Gasteiger partial charge in [0.2, 0.25) is 5.78 Å². The van der Waals surface area contributed by atoms with Gasteiger partial charge in [-0.2, -0.15) is 0 Å². The van der Waals surface area contributed by atoms with Crippen LogP contribution in [0, 0.1) is 0 Å². The zero-order valence-electron chi connectivity index (χ0n) is 10.6. The first-order valence-electron chi connectivity index (χ1n) is 6.41. The summed E-state index contributed by atoms with van der Waals surface area (Å²) >= 11 is 3.38. The molecule has 0 spiro atoms. The van der Waals surface area contributed by atoms with E-state index >= 15 is 0 Å². The number of nitrogens with zero attached hydrogens (tertiary/aromatic N) is 5. The minimum atomic E-state index is -0.0695. The Kier molecular flexibility index (Phi) is 3.22. The summed E-state index contributed by atoms with van der Waals surface area (Å²) in [6.07, 6.45) is 5.36. The molecule has 3 heterocycles. The Morgan fingerprint density at radius 1 is 1.42 bits per heavy atom. The van der Waals surface area contributed by atoms with Crippen molar-refractivity contribution in [1.82, 2.24) is 19.2 Å². The molecule has 2 aromatic rings. The normalized spacial score (nSPS) is 13.9. The first-order valence-corrected chi connectivity index (χ1v) is 7.20. The second-order valence-electron chi connectivity index (χ2n) is 4.63. The summed E-state index contributed by atoms with van der Waals surface area (Å²) in [5.74, 6) is 1.30. The van der Waals surface area contributed by atoms with Crippen molar-refractivity contribution in [3.63, 3.8) is 0 Å². The van der Waals surface area contributed by atoms with Gasteiger partial charge in [-0.25, -0.2) is 9.39 Å². The van der Waals surface area contributed by atoms with Crippen molar-refractivity contribution < 1.29 is 0 Å². The molecule has 7 heteroatoms. The van der Waals surface area contributed by atoms with Crippen molar-refractivity contribution in [1.29, 1.82) is 0 Å². The van der Waals surface area contributed by atoms with E-state index in [-0.39, 0.29) is 5.56 Å². The van der Waals surface area contributed by atoms with Crippen molar-refractivity contribution >= 4 is 32.1 Å². The fourth-order valence-corrected chi connectivity index (χ4v) is 2.81. The van der Waals surface area contributed by atoms with Gasteiger partial charge in [-0.1, -0.05) is 19.8 Å². The molecular weight excluding hydrogens is 310 g/mol. The Hall–Kier alpha value is -1.50. The molecule has 2 aromatic heterocycles. The van der Waals surface area contributed by atoms with E-state index in [0.717, 1.165) is 41.8 Å². The van der Waals surface area contributed by atoms with E-state index in [4.69, 9.17) is 0 Å². The van der Waals surface area contributed by atoms with Crippen LogP contribution >= 0.6 is 15.9 Å². The molecule has 0 aromatic carbocycles. The van der Waals surface area contributed by atoms with Crippen molar-refractivity contribution in [2.45, 2.75) is 39.2 Å². The number of fused-ring (bicyclic) bond motifs is 2. The van der Waals surface area contributed by atoms with E-state index in [2.05, 4.69) is 38.0 Å². The number of unbranched alkanes of at least 4 members (excludes halogenated alkanes) is 2. The van der Waals surface area contributed by atoms with E-state index in [1.807, 2.05) is 4.57 Å². The highest BCUT2D eigenvalue weighted by atomic mass is 79.9. The molecule has 0 unspecified atom stereocenters. The van der Waals surface area contributed by atoms with Crippen molar-refractivity contribution in [2.75, 3.05) is 0 Å². The number of halogens is 1. The SMILES string of the molecule is CCCCCn1c2c(c(=O)n3cnnc13)CC(Br)=N2. The molecule has 0 saturated carbocycles. The number of hydrogen-bond donors (Lipinski definition) is 0. The zero-order valence-corrected chi connectivity index (χ0v) is 12.2. The molecule has 100 valence electrons. The molecule has 0 aliphatic carbocycles. The topological polar surface area (TPSA) is 64.5 Å². The first kappa shape index (κ1) is 12.5. The molecule has 0 amide bonds. The maximum Gasteiger partial charge on any atom is 0.266 e. The number of aliphatic imine (C=N–C) groups is 1. The van der Waals surface area contributed by atoms with Crippen LogP contribution in [0.15, 0.2) is 16.1 Å². The second-order valence-corrected chi connectivity index (χ2v) is 5.55. The lowest BCUT2D eigenvalue weighted by molar-refractivity contribution is 0.603. The highest BCUT2D eigenvalue weighted by Crippen LogP contribution is 2.27. The van der Waals surface area contributed by atoms with Crippen LogP contribution in [0.25, 0.3) is 5.78 Å². The number of hydrogen-bond acceptors (Lipinski definition) is 4. The number of rotatable bonds is 4.